The van der Waals surface area contributed by atoms with Gasteiger partial charge in [0.15, 0.2) is 0 Å². The quantitative estimate of drug-likeness (QED) is 0.188. The Balaban J connectivity index is 1.41. The molecule has 2 heterocycles. The van der Waals surface area contributed by atoms with Crippen molar-refractivity contribution in [3.05, 3.63) is 161 Å². The summed E-state index contributed by atoms with van der Waals surface area (Å²) in [7, 11) is 0. The van der Waals surface area contributed by atoms with Crippen LogP contribution in [-0.2, 0) is 0 Å². The van der Waals surface area contributed by atoms with Crippen molar-refractivity contribution < 1.29 is 0 Å². The van der Waals surface area contributed by atoms with Gasteiger partial charge in [-0.25, -0.2) is 0 Å². The van der Waals surface area contributed by atoms with Crippen molar-refractivity contribution in [2.75, 3.05) is 0 Å². The summed E-state index contributed by atoms with van der Waals surface area (Å²) >= 11 is 0. The molecule has 8 rings (SSSR count). The summed E-state index contributed by atoms with van der Waals surface area (Å²) in [6.07, 6.45) is 4.24. The summed E-state index contributed by atoms with van der Waals surface area (Å²) in [5.74, 6) is 0. The molecule has 0 unspecified atom stereocenters. The molecule has 0 atom stereocenters. The summed E-state index contributed by atoms with van der Waals surface area (Å²) in [6, 6.07) is 49.3. The van der Waals surface area contributed by atoms with E-state index in [1.54, 1.807) is 12.1 Å². The molecule has 0 bridgehead atoms. The smallest absolute Gasteiger partial charge is 0.102 e. The molecule has 0 N–H and O–H groups in total. The topological polar surface area (TPSA) is 81.2 Å². The Morgan fingerprint density at radius 2 is 1.18 bits per heavy atom. The van der Waals surface area contributed by atoms with E-state index in [0.717, 1.165) is 55.4 Å². The number of fused-ring (bicyclic) bond motifs is 4. The lowest BCUT2D eigenvalue weighted by Gasteiger charge is -2.19. The van der Waals surface area contributed by atoms with E-state index in [1.807, 2.05) is 66.1 Å². The summed E-state index contributed by atoms with van der Waals surface area (Å²) in [5.41, 5.74) is 12.0. The van der Waals surface area contributed by atoms with Crippen LogP contribution in [0.5, 0.6) is 0 Å². The molecule has 0 aliphatic heterocycles. The average molecular weight is 640 g/mol. The maximum atomic E-state index is 10.9. The first-order valence-corrected chi connectivity index (χ1v) is 16.4. The summed E-state index contributed by atoms with van der Waals surface area (Å²) in [6.45, 7) is 4.21. The lowest BCUT2D eigenvalue weighted by Crippen LogP contribution is -2.02. The molecule has 234 valence electrons. The van der Waals surface area contributed by atoms with Crippen LogP contribution in [0.15, 0.2) is 133 Å². The van der Waals surface area contributed by atoms with Crippen LogP contribution >= 0.6 is 0 Å². The molecule has 0 saturated heterocycles. The van der Waals surface area contributed by atoms with Crippen molar-refractivity contribution in [1.29, 1.82) is 15.8 Å². The minimum absolute atomic E-state index is 0.491. The van der Waals surface area contributed by atoms with Gasteiger partial charge in [-0.15, -0.1) is 0 Å². The number of nitriles is 3. The minimum atomic E-state index is 0.491. The third kappa shape index (κ3) is 4.52. The molecule has 0 saturated carbocycles. The van der Waals surface area contributed by atoms with Gasteiger partial charge in [0, 0.05) is 33.0 Å². The Bertz CT molecular complexity index is 2820. The Morgan fingerprint density at radius 3 is 1.94 bits per heavy atom. The van der Waals surface area contributed by atoms with Crippen LogP contribution in [0.25, 0.3) is 72.4 Å². The van der Waals surface area contributed by atoms with Gasteiger partial charge in [0.05, 0.1) is 50.7 Å². The molecule has 0 radical (unpaired) electrons. The highest BCUT2D eigenvalue weighted by Crippen LogP contribution is 2.42. The number of rotatable bonds is 5. The average Bonchev–Trinajstić information content (AvgIpc) is 3.65. The van der Waals surface area contributed by atoms with Crippen LogP contribution in [0.1, 0.15) is 34.9 Å². The first-order valence-electron chi connectivity index (χ1n) is 16.4. The van der Waals surface area contributed by atoms with Crippen molar-refractivity contribution in [2.45, 2.75) is 13.8 Å². The Hall–Kier alpha value is -7.13. The van der Waals surface area contributed by atoms with Crippen LogP contribution in [0.2, 0.25) is 0 Å². The van der Waals surface area contributed by atoms with Crippen LogP contribution in [0.4, 0.5) is 0 Å². The first kappa shape index (κ1) is 30.2. The van der Waals surface area contributed by atoms with Gasteiger partial charge in [-0.2, -0.15) is 15.8 Å². The van der Waals surface area contributed by atoms with Crippen LogP contribution in [0, 0.1) is 40.9 Å². The van der Waals surface area contributed by atoms with Crippen molar-refractivity contribution in [3.63, 3.8) is 0 Å². The number of nitrogens with zero attached hydrogens (tertiary/aromatic N) is 5. The lowest BCUT2D eigenvalue weighted by atomic mass is 9.90. The summed E-state index contributed by atoms with van der Waals surface area (Å²) in [4.78, 5) is 0. The molecule has 0 aliphatic rings. The zero-order valence-electron chi connectivity index (χ0n) is 27.5. The fraction of sp³-hybridized carbons (Fsp3) is 0.0444. The summed E-state index contributed by atoms with van der Waals surface area (Å²) in [5, 5.41) is 33.7. The fourth-order valence-electron chi connectivity index (χ4n) is 7.43. The zero-order chi connectivity index (χ0) is 34.4. The number of para-hydroxylation sites is 3. The molecule has 0 fully saturated rings. The van der Waals surface area contributed by atoms with E-state index >= 15 is 0 Å². The third-order valence-corrected chi connectivity index (χ3v) is 9.58. The predicted molar refractivity (Wildman–Crippen MR) is 202 cm³/mol. The maximum absolute atomic E-state index is 10.9. The molecule has 8 aromatic rings. The number of allylic oxidation sites excluding steroid dienone is 1. The van der Waals surface area contributed by atoms with Gasteiger partial charge in [-0.3, -0.25) is 0 Å². The molecule has 0 aliphatic carbocycles. The van der Waals surface area contributed by atoms with E-state index in [-0.39, 0.29) is 0 Å². The molecular weight excluding hydrogens is 611 g/mol. The molecular formula is C45H29N5. The van der Waals surface area contributed by atoms with Crippen LogP contribution in [-0.4, -0.2) is 9.13 Å². The molecule has 6 aromatic carbocycles. The second-order valence-electron chi connectivity index (χ2n) is 12.2. The van der Waals surface area contributed by atoms with Crippen LogP contribution in [0.3, 0.4) is 0 Å². The third-order valence-electron chi connectivity index (χ3n) is 9.58. The van der Waals surface area contributed by atoms with Gasteiger partial charge in [-0.1, -0.05) is 91.0 Å². The van der Waals surface area contributed by atoms with Crippen molar-refractivity contribution in [1.82, 2.24) is 9.13 Å². The van der Waals surface area contributed by atoms with Gasteiger partial charge < -0.3 is 9.13 Å². The maximum Gasteiger partial charge on any atom is 0.102 e. The van der Waals surface area contributed by atoms with E-state index < -0.39 is 0 Å². The van der Waals surface area contributed by atoms with Gasteiger partial charge in [-0.05, 0) is 79.1 Å². The molecule has 2 aromatic heterocycles. The van der Waals surface area contributed by atoms with Crippen LogP contribution < -0.4 is 0 Å². The van der Waals surface area contributed by atoms with Gasteiger partial charge in [0.25, 0.3) is 0 Å². The monoisotopic (exact) mass is 639 g/mol. The van der Waals surface area contributed by atoms with E-state index in [0.29, 0.717) is 27.9 Å². The lowest BCUT2D eigenvalue weighted by molar-refractivity contribution is 1.10. The number of hydrogen-bond acceptors (Lipinski definition) is 3. The first-order chi connectivity index (χ1) is 24.6. The second kappa shape index (κ2) is 12.1. The Labute approximate surface area is 290 Å². The van der Waals surface area contributed by atoms with Crippen molar-refractivity contribution >= 4 is 38.8 Å². The highest BCUT2D eigenvalue weighted by atomic mass is 15.0. The second-order valence-corrected chi connectivity index (χ2v) is 12.2. The Kier molecular flexibility index (Phi) is 7.34. The van der Waals surface area contributed by atoms with E-state index in [1.165, 1.54) is 10.9 Å². The number of benzene rings is 6. The standard InChI is InChI=1S/C45H29N5/c1-3-12-40-29(2)32-14-6-8-20-41(32)49(40)42-21-9-7-17-36(42)34-16-5-4-15-33(34)35-18-11-22-43(39(35)28-48)50-44-24-23-30(26-46)25-38(44)37-19-10-13-31(27-47)45(37)50/h3-25H,1-2H3/b12-3-. The van der Waals surface area contributed by atoms with E-state index in [9.17, 15) is 15.8 Å². The van der Waals surface area contributed by atoms with E-state index in [2.05, 4.69) is 103 Å². The minimum Gasteiger partial charge on any atom is -0.309 e. The molecule has 50 heavy (non-hydrogen) atoms. The highest BCUT2D eigenvalue weighted by Gasteiger charge is 2.23. The van der Waals surface area contributed by atoms with Gasteiger partial charge >= 0.3 is 0 Å². The largest absolute Gasteiger partial charge is 0.309 e. The molecule has 0 spiro atoms. The molecule has 5 nitrogen and oxygen atoms in total. The number of hydrogen-bond donors (Lipinski definition) is 0. The highest BCUT2D eigenvalue weighted by molar-refractivity contribution is 6.11. The number of aryl methyl sites for hydroxylation is 1. The predicted octanol–water partition coefficient (Wildman–Crippen LogP) is 11.0. The van der Waals surface area contributed by atoms with Crippen molar-refractivity contribution in [2.24, 2.45) is 0 Å². The van der Waals surface area contributed by atoms with Crippen molar-refractivity contribution in [3.8, 4) is 51.8 Å². The molecule has 0 amide bonds. The van der Waals surface area contributed by atoms with Gasteiger partial charge in [0.2, 0.25) is 0 Å². The van der Waals surface area contributed by atoms with E-state index in [4.69, 9.17) is 0 Å². The molecule has 5 heteroatoms. The Morgan fingerprint density at radius 1 is 0.540 bits per heavy atom. The van der Waals surface area contributed by atoms with Gasteiger partial charge in [0.1, 0.15) is 12.1 Å². The normalized spacial score (nSPS) is 11.3. The summed E-state index contributed by atoms with van der Waals surface area (Å²) < 4.78 is 4.33. The zero-order valence-corrected chi connectivity index (χ0v) is 27.5. The fourth-order valence-corrected chi connectivity index (χ4v) is 7.43. The number of aromatic nitrogens is 2. The SMILES string of the molecule is C/C=C\c1c(C)c2ccccc2n1-c1ccccc1-c1ccccc1-c1cccc(-n2c3ccc(C#N)cc3c3cccc(C#N)c32)c1C#N.